The maximum Gasteiger partial charge on any atom is 0.256 e. The van der Waals surface area contributed by atoms with Gasteiger partial charge in [0.25, 0.3) is 5.91 Å². The fourth-order valence-electron chi connectivity index (χ4n) is 11.2. The van der Waals surface area contributed by atoms with E-state index in [9.17, 15) is 29.1 Å². The number of nitrogens with one attached hydrogen (secondary N) is 4. The third-order valence-electron chi connectivity index (χ3n) is 17.0. The van der Waals surface area contributed by atoms with Crippen molar-refractivity contribution < 1.29 is 57.8 Å². The molecule has 0 aromatic rings. The molecule has 0 spiro atoms. The molecule has 5 N–H and O–H groups in total. The fraction of sp³-hybridized carbons (Fsp3) is 0.803. The number of hydrogen-bond acceptors (Lipinski definition) is 14. The van der Waals surface area contributed by atoms with Crippen molar-refractivity contribution in [3.05, 3.63) is 12.2 Å². The van der Waals surface area contributed by atoms with Crippen LogP contribution in [0.15, 0.2) is 12.2 Å². The smallest absolute Gasteiger partial charge is 0.256 e. The van der Waals surface area contributed by atoms with Crippen LogP contribution in [-0.4, -0.2) is 257 Å². The van der Waals surface area contributed by atoms with Crippen LogP contribution in [0.4, 0.5) is 0 Å². The van der Waals surface area contributed by atoms with Gasteiger partial charge in [0.2, 0.25) is 59.1 Å². The average molecular weight is 1310 g/mol. The molecule has 1 heterocycles. The molecule has 1 unspecified atom stereocenters. The lowest BCUT2D eigenvalue weighted by Crippen LogP contribution is -2.64. The predicted octanol–water partition coefficient (Wildman–Crippen LogP) is 3.89. The van der Waals surface area contributed by atoms with Crippen LogP contribution in [0, 0.1) is 41.4 Å². The molecule has 24 nitrogen and oxygen atoms in total. The first kappa shape index (κ1) is 83.2. The van der Waals surface area contributed by atoms with E-state index in [1.165, 1.54) is 92.6 Å². The molecule has 0 aromatic carbocycles. The van der Waals surface area contributed by atoms with Gasteiger partial charge in [-0.2, -0.15) is 0 Å². The van der Waals surface area contributed by atoms with Gasteiger partial charge in [0.05, 0.1) is 6.10 Å². The van der Waals surface area contributed by atoms with Crippen molar-refractivity contribution in [2.45, 2.75) is 228 Å². The summed E-state index contributed by atoms with van der Waals surface area (Å²) in [6.45, 7) is 30.5. The molecule has 13 atom stereocenters. The van der Waals surface area contributed by atoms with Crippen LogP contribution in [0.1, 0.15) is 156 Å². The number of aliphatic hydroxyl groups excluding tert-OH is 1. The van der Waals surface area contributed by atoms with E-state index >= 15 is 28.8 Å². The Labute approximate surface area is 550 Å². The van der Waals surface area contributed by atoms with Gasteiger partial charge >= 0.3 is 0 Å². The van der Waals surface area contributed by atoms with Gasteiger partial charge in [-0.1, -0.05) is 109 Å². The molecule has 0 radical (unpaired) electrons. The van der Waals surface area contributed by atoms with Gasteiger partial charge in [-0.05, 0) is 115 Å². The first-order chi connectivity index (χ1) is 42.0. The van der Waals surface area contributed by atoms with Crippen molar-refractivity contribution in [3.63, 3.8) is 0 Å². The van der Waals surface area contributed by atoms with Gasteiger partial charge < -0.3 is 65.6 Å². The number of nitrogens with zero attached hydrogens (tertiary/aromatic N) is 8. The van der Waals surface area contributed by atoms with E-state index in [1.807, 2.05) is 87.4 Å². The lowest BCUT2D eigenvalue weighted by Gasteiger charge is -2.41. The molecule has 522 valence electrons. The molecule has 91 heavy (non-hydrogen) atoms. The van der Waals surface area contributed by atoms with Crippen LogP contribution in [0.25, 0.3) is 0 Å². The summed E-state index contributed by atoms with van der Waals surface area (Å²) in [7, 11) is 13.8. The number of hydrogen-bond donors (Lipinski definition) is 5. The Hall–Kier alpha value is -5.82. The first-order valence-corrected chi connectivity index (χ1v) is 33.7. The standard InChI is InChI=1S/C66H120N12O12S/c1-27-29-30-43(15)54(79)53-58(83)69-46(28-2)60(85)78(26)66(91-32-31-71(18)19)65(90)73(21)48(34-38(5)6)57(82)70-51(41(11)12)63(88)72(20)47(33-37(3)4)56(81)67-44(16)55(80)68-45(17)59(84)74(22)49(35-39(7)8)61(86)75(23)50(36-40(9)10)62(87)76(24)52(42(13)14)64(89)77(53)25/h27,29,37-54,66,79H,28,30-36H2,1-26H3,(H,67,81)(H,68,80)(H,69,83)(H,70,82)/b29-27+/t43-,44+,45-,46+,47+,48+,49+,50+,51+,52+,53+,54-,66?/m1/s1. The van der Waals surface area contributed by atoms with E-state index in [4.69, 9.17) is 0 Å². The van der Waals surface area contributed by atoms with Crippen molar-refractivity contribution in [2.75, 3.05) is 75.7 Å². The Morgan fingerprint density at radius 1 is 0.473 bits per heavy atom. The topological polar surface area (TPSA) is 282 Å². The van der Waals surface area contributed by atoms with Crippen molar-refractivity contribution >= 4 is 76.7 Å². The normalized spacial score (nSPS) is 26.8. The molecule has 1 aliphatic heterocycles. The molecule has 1 fully saturated rings. The highest BCUT2D eigenvalue weighted by atomic mass is 32.2. The van der Waals surface area contributed by atoms with Crippen LogP contribution >= 0.6 is 11.8 Å². The van der Waals surface area contributed by atoms with E-state index in [0.29, 0.717) is 18.7 Å². The summed E-state index contributed by atoms with van der Waals surface area (Å²) in [5, 5.41) is 22.2. The maximum absolute atomic E-state index is 15.3. The quantitative estimate of drug-likeness (QED) is 0.115. The van der Waals surface area contributed by atoms with Gasteiger partial charge in [0, 0.05) is 61.6 Å². The minimum Gasteiger partial charge on any atom is -0.390 e. The SMILES string of the molecule is C/C=C/C[C@@H](C)[C@@H](O)[C@H]1C(=O)N[C@@H](CC)C(=O)N(C)C(SCCN(C)C)C(=O)N(C)[C@@H](CC(C)C)C(=O)N[C@@H](C(C)C)C(=O)N(C)[C@@H](CC(C)C)C(=O)N[C@@H](C)C(=O)N[C@H](C)C(=O)N(C)[C@@H](CC(C)C)C(=O)N(C)[C@@H](CC(C)C)C(=O)N(C)[C@@H](C(C)C)C(=O)N1C. The monoisotopic (exact) mass is 1300 g/mol. The van der Waals surface area contributed by atoms with Crippen molar-refractivity contribution in [1.82, 2.24) is 60.5 Å². The zero-order chi connectivity index (χ0) is 70.5. The highest BCUT2D eigenvalue weighted by molar-refractivity contribution is 8.00. The number of carbonyl (C=O) groups is 11. The van der Waals surface area contributed by atoms with Crippen molar-refractivity contribution in [1.29, 1.82) is 0 Å². The summed E-state index contributed by atoms with van der Waals surface area (Å²) >= 11 is 1.16. The number of aliphatic hydroxyl groups is 1. The summed E-state index contributed by atoms with van der Waals surface area (Å²) in [5.41, 5.74) is 0. The molecule has 0 bridgehead atoms. The second-order valence-corrected chi connectivity index (χ2v) is 29.0. The van der Waals surface area contributed by atoms with Crippen LogP contribution < -0.4 is 21.3 Å². The van der Waals surface area contributed by atoms with Crippen LogP contribution in [0.3, 0.4) is 0 Å². The van der Waals surface area contributed by atoms with Gasteiger partial charge in [-0.15, -0.1) is 11.8 Å². The third-order valence-corrected chi connectivity index (χ3v) is 18.3. The van der Waals surface area contributed by atoms with Gasteiger partial charge in [0.1, 0.15) is 60.4 Å². The van der Waals surface area contributed by atoms with Crippen molar-refractivity contribution in [2.24, 2.45) is 41.4 Å². The summed E-state index contributed by atoms with van der Waals surface area (Å²) < 4.78 is 0. The zero-order valence-electron chi connectivity index (χ0n) is 60.2. The Morgan fingerprint density at radius 3 is 1.33 bits per heavy atom. The van der Waals surface area contributed by atoms with E-state index in [1.54, 1.807) is 47.6 Å². The highest BCUT2D eigenvalue weighted by Gasteiger charge is 2.46. The Morgan fingerprint density at radius 2 is 0.890 bits per heavy atom. The number of rotatable bonds is 19. The molecule has 1 saturated heterocycles. The number of thioether (sulfide) groups is 1. The minimum absolute atomic E-state index is 0.00411. The minimum atomic E-state index is -1.63. The number of likely N-dealkylation sites (N-methyl/N-ethyl adjacent to an activating group) is 7. The number of carbonyl (C=O) groups excluding carboxylic acids is 11. The maximum atomic E-state index is 15.3. The summed E-state index contributed by atoms with van der Waals surface area (Å²) in [5.74, 6) is -9.46. The highest BCUT2D eigenvalue weighted by Crippen LogP contribution is 2.27. The summed E-state index contributed by atoms with van der Waals surface area (Å²) in [6.07, 6.45) is 2.98. The van der Waals surface area contributed by atoms with E-state index < -0.39 is 155 Å². The molecule has 25 heteroatoms. The zero-order valence-corrected chi connectivity index (χ0v) is 61.0. The summed E-state index contributed by atoms with van der Waals surface area (Å²) in [4.78, 5) is 174. The van der Waals surface area contributed by atoms with Crippen LogP contribution in [0.5, 0.6) is 0 Å². The Kier molecular flexibility index (Phi) is 35.1. The van der Waals surface area contributed by atoms with E-state index in [-0.39, 0.29) is 55.8 Å². The predicted molar refractivity (Wildman–Crippen MR) is 358 cm³/mol. The van der Waals surface area contributed by atoms with Crippen molar-refractivity contribution in [3.8, 4) is 0 Å². The molecule has 0 saturated carbocycles. The van der Waals surface area contributed by atoms with Gasteiger partial charge in [-0.25, -0.2) is 0 Å². The molecule has 0 aromatic heterocycles. The second-order valence-electron chi connectivity index (χ2n) is 27.8. The lowest BCUT2D eigenvalue weighted by molar-refractivity contribution is -0.157. The first-order valence-electron chi connectivity index (χ1n) is 32.7. The average Bonchev–Trinajstić information content (AvgIpc) is 0.906. The Balaban J connectivity index is 4.52. The molecule has 1 aliphatic rings. The van der Waals surface area contributed by atoms with Gasteiger partial charge in [0.15, 0.2) is 5.37 Å². The Bertz CT molecular complexity index is 2480. The van der Waals surface area contributed by atoms with E-state index in [2.05, 4.69) is 21.3 Å². The molecule has 11 amide bonds. The second kappa shape index (κ2) is 38.4. The molecule has 0 aliphatic carbocycles. The van der Waals surface area contributed by atoms with Crippen LogP contribution in [-0.2, 0) is 52.7 Å². The third kappa shape index (κ3) is 23.9. The number of amides is 11. The molecular weight excluding hydrogens is 1180 g/mol. The fourth-order valence-corrected chi connectivity index (χ4v) is 12.6. The lowest BCUT2D eigenvalue weighted by atomic mass is 9.91. The number of allylic oxidation sites excluding steroid dienone is 2. The largest absolute Gasteiger partial charge is 0.390 e. The van der Waals surface area contributed by atoms with Gasteiger partial charge in [-0.3, -0.25) is 52.7 Å². The molecule has 1 rings (SSSR count). The van der Waals surface area contributed by atoms with E-state index in [0.717, 1.165) is 16.7 Å². The summed E-state index contributed by atoms with van der Waals surface area (Å²) in [6, 6.07) is -12.5. The van der Waals surface area contributed by atoms with Crippen LogP contribution in [0.2, 0.25) is 0 Å². The molecular formula is C66H120N12O12S.